The highest BCUT2D eigenvalue weighted by Crippen LogP contribution is 2.66. The Balaban J connectivity index is 1.20. The number of anilines is 6. The normalized spacial score (nSPS) is 13.8. The molecule has 10 aromatic rings. The molecule has 380 valence electrons. The molecule has 0 saturated carbocycles. The van der Waals surface area contributed by atoms with Crippen molar-refractivity contribution >= 4 is 82.6 Å². The van der Waals surface area contributed by atoms with E-state index in [0.29, 0.717) is 0 Å². The van der Waals surface area contributed by atoms with E-state index in [9.17, 15) is 0 Å². The van der Waals surface area contributed by atoms with Gasteiger partial charge in [0.15, 0.2) is 0 Å². The zero-order valence-electron chi connectivity index (χ0n) is 47.1. The fourth-order valence-corrected chi connectivity index (χ4v) is 14.8. The summed E-state index contributed by atoms with van der Waals surface area (Å²) in [6, 6.07) is 70.4. The second kappa shape index (κ2) is 17.4. The van der Waals surface area contributed by atoms with E-state index in [1.165, 1.54) is 71.6 Å². The molecule has 2 aliphatic carbocycles. The molecule has 1 heterocycles. The Labute approximate surface area is 453 Å². The number of hydrogen-bond donors (Lipinski definition) is 0. The van der Waals surface area contributed by atoms with Crippen molar-refractivity contribution in [2.24, 2.45) is 0 Å². The lowest BCUT2D eigenvalue weighted by Crippen LogP contribution is -2.37. The Bertz CT molecular complexity index is 3740. The summed E-state index contributed by atoms with van der Waals surface area (Å²) in [5.74, 6) is 0. The summed E-state index contributed by atoms with van der Waals surface area (Å²) in [4.78, 5) is 5.00. The molecular weight excluding hydrogens is 953 g/mol. The monoisotopic (exact) mass is 1020 g/mol. The van der Waals surface area contributed by atoms with Crippen molar-refractivity contribution in [3.8, 4) is 22.3 Å². The minimum atomic E-state index is -1.61. The molecule has 0 unspecified atom stereocenters. The van der Waals surface area contributed by atoms with Crippen molar-refractivity contribution in [2.75, 3.05) is 9.80 Å². The smallest absolute Gasteiger partial charge is 0.145 e. The van der Waals surface area contributed by atoms with E-state index in [1.807, 2.05) is 0 Å². The van der Waals surface area contributed by atoms with Gasteiger partial charge in [-0.15, -0.1) is 0 Å². The van der Waals surface area contributed by atoms with Crippen molar-refractivity contribution < 1.29 is 4.42 Å². The molecule has 9 aromatic carbocycles. The molecule has 0 saturated heterocycles. The minimum Gasteiger partial charge on any atom is -0.455 e. The third kappa shape index (κ3) is 7.95. The molecule has 2 aliphatic rings. The highest BCUT2D eigenvalue weighted by atomic mass is 28.3. The van der Waals surface area contributed by atoms with Gasteiger partial charge in [-0.25, -0.2) is 0 Å². The van der Waals surface area contributed by atoms with Gasteiger partial charge in [-0.1, -0.05) is 212 Å². The zero-order valence-corrected chi connectivity index (χ0v) is 49.1. The maximum absolute atomic E-state index is 7.42. The number of nitrogens with zero attached hydrogens (tertiary/aromatic N) is 2. The summed E-state index contributed by atoms with van der Waals surface area (Å²) in [6.07, 6.45) is 0. The second-order valence-electron chi connectivity index (χ2n) is 26.1. The average molecular weight is 1030 g/mol. The zero-order chi connectivity index (χ0) is 53.4. The molecule has 0 N–H and O–H groups in total. The Morgan fingerprint density at radius 2 is 0.855 bits per heavy atom. The van der Waals surface area contributed by atoms with Gasteiger partial charge >= 0.3 is 0 Å². The Morgan fingerprint density at radius 1 is 0.408 bits per heavy atom. The summed E-state index contributed by atoms with van der Waals surface area (Å²) >= 11 is 0. The standard InChI is InChI=1S/C71H72N2OSi2/c1-45-19-39-60-58(41-45)59-42-46(2)20-40-61(59)71(60)62-43-53(72(49-25-21-47(22-26-49)69(3,4)5)50-29-34-54(35-30-50)75(9,10)11)33-38-56(62)66-63(71)44-64(67-57-17-15-16-18-65(57)74-68(66)67)73(51-27-23-48(24-28-51)70(6,7)8)52-31-36-55(37-32-52)76(12,13)14/h15-44H,1-14H3. The van der Waals surface area contributed by atoms with Gasteiger partial charge in [0.05, 0.1) is 32.6 Å². The van der Waals surface area contributed by atoms with E-state index in [-0.39, 0.29) is 10.8 Å². The van der Waals surface area contributed by atoms with Crippen LogP contribution in [-0.2, 0) is 16.2 Å². The van der Waals surface area contributed by atoms with E-state index >= 15 is 0 Å². The van der Waals surface area contributed by atoms with Gasteiger partial charge in [0.25, 0.3) is 0 Å². The predicted octanol–water partition coefficient (Wildman–Crippen LogP) is 19.2. The lowest BCUT2D eigenvalue weighted by atomic mass is 9.70. The third-order valence-corrected chi connectivity index (χ3v) is 20.8. The van der Waals surface area contributed by atoms with E-state index < -0.39 is 21.6 Å². The fourth-order valence-electron chi connectivity index (χ4n) is 12.4. The van der Waals surface area contributed by atoms with Gasteiger partial charge < -0.3 is 14.2 Å². The number of furan rings is 1. The summed E-state index contributed by atoms with van der Waals surface area (Å²) in [7, 11) is -3.17. The highest BCUT2D eigenvalue weighted by Gasteiger charge is 2.53. The van der Waals surface area contributed by atoms with E-state index in [1.54, 1.807) is 0 Å². The van der Waals surface area contributed by atoms with Crippen LogP contribution in [0.15, 0.2) is 186 Å². The van der Waals surface area contributed by atoms with Crippen LogP contribution in [0.5, 0.6) is 0 Å². The molecule has 0 atom stereocenters. The largest absolute Gasteiger partial charge is 0.455 e. The van der Waals surface area contributed by atoms with E-state index in [0.717, 1.165) is 61.6 Å². The average Bonchev–Trinajstić information content (AvgIpc) is 4.00. The first kappa shape index (κ1) is 49.7. The molecular formula is C71H72N2OSi2. The van der Waals surface area contributed by atoms with Crippen LogP contribution in [0.2, 0.25) is 39.3 Å². The van der Waals surface area contributed by atoms with Crippen LogP contribution in [-0.4, -0.2) is 16.1 Å². The fraction of sp³-hybridized carbons (Fsp3) is 0.239. The van der Waals surface area contributed by atoms with Gasteiger partial charge in [0, 0.05) is 39.4 Å². The maximum Gasteiger partial charge on any atom is 0.145 e. The second-order valence-corrected chi connectivity index (χ2v) is 36.2. The first-order valence-corrected chi connectivity index (χ1v) is 34.4. The van der Waals surface area contributed by atoms with E-state index in [4.69, 9.17) is 4.42 Å². The molecule has 12 rings (SSSR count). The molecule has 1 spiro atoms. The van der Waals surface area contributed by atoms with Gasteiger partial charge in [-0.3, -0.25) is 0 Å². The number of benzene rings is 9. The Morgan fingerprint density at radius 3 is 1.33 bits per heavy atom. The number of hydrogen-bond acceptors (Lipinski definition) is 3. The third-order valence-electron chi connectivity index (χ3n) is 16.6. The van der Waals surface area contributed by atoms with Crippen LogP contribution < -0.4 is 20.2 Å². The quantitative estimate of drug-likeness (QED) is 0.141. The first-order valence-electron chi connectivity index (χ1n) is 27.4. The molecule has 0 aliphatic heterocycles. The minimum absolute atomic E-state index is 0.00377. The lowest BCUT2D eigenvalue weighted by molar-refractivity contribution is 0.590. The molecule has 1 aromatic heterocycles. The highest BCUT2D eigenvalue weighted by molar-refractivity contribution is 6.89. The first-order chi connectivity index (χ1) is 36.0. The molecule has 0 fully saturated rings. The molecule has 0 amide bonds. The van der Waals surface area contributed by atoms with Gasteiger partial charge in [0.1, 0.15) is 11.2 Å². The van der Waals surface area contributed by atoms with Crippen molar-refractivity contribution in [2.45, 2.75) is 111 Å². The van der Waals surface area contributed by atoms with Crippen LogP contribution in [0.3, 0.4) is 0 Å². The van der Waals surface area contributed by atoms with Crippen molar-refractivity contribution in [1.29, 1.82) is 0 Å². The van der Waals surface area contributed by atoms with Crippen molar-refractivity contribution in [1.82, 2.24) is 0 Å². The van der Waals surface area contributed by atoms with Crippen LogP contribution in [0.4, 0.5) is 34.1 Å². The van der Waals surface area contributed by atoms with Gasteiger partial charge in [-0.05, 0) is 148 Å². The summed E-state index contributed by atoms with van der Waals surface area (Å²) < 4.78 is 7.42. The Hall–Kier alpha value is -7.19. The molecule has 3 nitrogen and oxygen atoms in total. The molecule has 0 bridgehead atoms. The summed E-state index contributed by atoms with van der Waals surface area (Å²) in [5, 5.41) is 5.11. The molecule has 5 heteroatoms. The summed E-state index contributed by atoms with van der Waals surface area (Å²) in [5.41, 5.74) is 23.1. The summed E-state index contributed by atoms with van der Waals surface area (Å²) in [6.45, 7) is 32.8. The van der Waals surface area contributed by atoms with Crippen LogP contribution in [0, 0.1) is 13.8 Å². The Kier molecular flexibility index (Phi) is 11.4. The van der Waals surface area contributed by atoms with Crippen LogP contribution in [0.1, 0.15) is 86.1 Å². The van der Waals surface area contributed by atoms with Crippen molar-refractivity contribution in [3.63, 3.8) is 0 Å². The van der Waals surface area contributed by atoms with Gasteiger partial charge in [-0.2, -0.15) is 0 Å². The molecule has 76 heavy (non-hydrogen) atoms. The maximum atomic E-state index is 7.42. The number of aryl methyl sites for hydroxylation is 2. The van der Waals surface area contributed by atoms with Crippen LogP contribution >= 0.6 is 0 Å². The van der Waals surface area contributed by atoms with Crippen molar-refractivity contribution in [3.05, 3.63) is 226 Å². The lowest BCUT2D eigenvalue weighted by Gasteiger charge is -2.34. The SMILES string of the molecule is Cc1ccc2c(c1)-c1cc(C)ccc1C21c2cc(N(c3ccc(C(C)(C)C)cc3)c3ccc([Si](C)(C)C)cc3)ccc2-c2c1cc(N(c1ccc(C(C)(C)C)cc1)c1ccc([Si](C)(C)C)cc1)c1c2oc2ccccc21. The number of para-hydroxylation sites is 1. The van der Waals surface area contributed by atoms with E-state index in [2.05, 4.69) is 286 Å². The van der Waals surface area contributed by atoms with Crippen LogP contribution in [0.25, 0.3) is 44.2 Å². The topological polar surface area (TPSA) is 19.6 Å². The molecule has 0 radical (unpaired) electrons. The number of fused-ring (bicyclic) bond motifs is 14. The number of rotatable bonds is 8. The van der Waals surface area contributed by atoms with Gasteiger partial charge in [0.2, 0.25) is 0 Å². The predicted molar refractivity (Wildman–Crippen MR) is 332 cm³/mol.